The Morgan fingerprint density at radius 3 is 3.00 bits per heavy atom. The lowest BCUT2D eigenvalue weighted by molar-refractivity contribution is -0.115. The van der Waals surface area contributed by atoms with Crippen LogP contribution in [0, 0.1) is 0 Å². The molecular weight excluding hydrogens is 340 g/mol. The Balaban J connectivity index is 1.55. The van der Waals surface area contributed by atoms with E-state index in [1.807, 2.05) is 24.3 Å². The number of halogens is 1. The summed E-state index contributed by atoms with van der Waals surface area (Å²) in [6.45, 7) is 0.950. The van der Waals surface area contributed by atoms with Crippen LogP contribution in [0.15, 0.2) is 48.8 Å². The van der Waals surface area contributed by atoms with E-state index in [1.165, 1.54) is 0 Å². The molecule has 0 fully saturated rings. The molecule has 25 heavy (non-hydrogen) atoms. The fourth-order valence-electron chi connectivity index (χ4n) is 2.88. The summed E-state index contributed by atoms with van der Waals surface area (Å²) in [5, 5.41) is 5.33. The number of carbonyl (C=O) groups excluding carboxylic acids is 1. The van der Waals surface area contributed by atoms with Crippen molar-refractivity contribution < 1.29 is 14.3 Å². The van der Waals surface area contributed by atoms with E-state index in [4.69, 9.17) is 21.1 Å². The fraction of sp³-hybridized carbons (Fsp3) is 0.158. The fourth-order valence-corrected chi connectivity index (χ4v) is 3.17. The number of anilines is 1. The molecule has 0 radical (unpaired) electrons. The van der Waals surface area contributed by atoms with Crippen molar-refractivity contribution >= 4 is 34.0 Å². The van der Waals surface area contributed by atoms with E-state index < -0.39 is 0 Å². The van der Waals surface area contributed by atoms with Crippen molar-refractivity contribution in [3.05, 3.63) is 59.4 Å². The van der Waals surface area contributed by atoms with Crippen molar-refractivity contribution in [2.24, 2.45) is 0 Å². The highest BCUT2D eigenvalue weighted by Gasteiger charge is 2.18. The Morgan fingerprint density at radius 1 is 1.20 bits per heavy atom. The van der Waals surface area contributed by atoms with Crippen LogP contribution in [0.3, 0.4) is 0 Å². The molecule has 2 aromatic carbocycles. The molecule has 0 unspecified atom stereocenters. The number of ether oxygens (including phenoxy) is 2. The Kier molecular flexibility index (Phi) is 4.15. The molecule has 0 saturated heterocycles. The summed E-state index contributed by atoms with van der Waals surface area (Å²) in [4.78, 5) is 16.6. The molecule has 4 rings (SSSR count). The first-order valence-electron chi connectivity index (χ1n) is 7.91. The molecule has 5 nitrogen and oxygen atoms in total. The van der Waals surface area contributed by atoms with E-state index in [-0.39, 0.29) is 12.3 Å². The van der Waals surface area contributed by atoms with E-state index in [0.29, 0.717) is 29.7 Å². The molecule has 0 spiro atoms. The third-order valence-corrected chi connectivity index (χ3v) is 4.26. The monoisotopic (exact) mass is 354 g/mol. The van der Waals surface area contributed by atoms with Crippen molar-refractivity contribution in [2.45, 2.75) is 6.42 Å². The lowest BCUT2D eigenvalue weighted by Crippen LogP contribution is -2.17. The summed E-state index contributed by atoms with van der Waals surface area (Å²) in [7, 11) is 0. The molecule has 1 aliphatic rings. The van der Waals surface area contributed by atoms with Gasteiger partial charge in [0.1, 0.15) is 13.2 Å². The number of rotatable bonds is 3. The second-order valence-corrected chi connectivity index (χ2v) is 6.14. The second kappa shape index (κ2) is 6.61. The summed E-state index contributed by atoms with van der Waals surface area (Å²) in [5.74, 6) is 0.994. The van der Waals surface area contributed by atoms with Crippen molar-refractivity contribution in [3.63, 3.8) is 0 Å². The zero-order valence-corrected chi connectivity index (χ0v) is 14.0. The number of carbonyl (C=O) groups is 1. The van der Waals surface area contributed by atoms with Gasteiger partial charge in [0.15, 0.2) is 11.5 Å². The molecule has 3 aromatic rings. The van der Waals surface area contributed by atoms with Gasteiger partial charge in [-0.25, -0.2) is 0 Å². The van der Waals surface area contributed by atoms with Gasteiger partial charge in [-0.2, -0.15) is 0 Å². The van der Waals surface area contributed by atoms with Gasteiger partial charge in [-0.3, -0.25) is 9.78 Å². The van der Waals surface area contributed by atoms with Gasteiger partial charge in [-0.05, 0) is 29.8 Å². The minimum atomic E-state index is -0.128. The molecule has 126 valence electrons. The molecule has 1 amide bonds. The Labute approximate surface area is 149 Å². The Bertz CT molecular complexity index is 953. The minimum absolute atomic E-state index is 0.128. The summed E-state index contributed by atoms with van der Waals surface area (Å²) in [6, 6.07) is 11.1. The van der Waals surface area contributed by atoms with Crippen molar-refractivity contribution in [1.82, 2.24) is 4.98 Å². The molecule has 1 aromatic heterocycles. The predicted octanol–water partition coefficient (Wildman–Crippen LogP) is 3.84. The number of aromatic nitrogens is 1. The number of hydrogen-bond acceptors (Lipinski definition) is 4. The SMILES string of the molecule is O=C(Cc1cc(Cl)c2c(c1)OCCO2)Nc1cccc2cnccc12. The normalized spacial score (nSPS) is 12.8. The molecule has 6 heteroatoms. The van der Waals surface area contributed by atoms with E-state index >= 15 is 0 Å². The maximum Gasteiger partial charge on any atom is 0.228 e. The number of pyridine rings is 1. The standard InChI is InChI=1S/C19H15ClN2O3/c20-15-8-12(9-17-19(15)25-7-6-24-17)10-18(23)22-16-3-1-2-13-11-21-5-4-14(13)16/h1-5,8-9,11H,6-7,10H2,(H,22,23). The van der Waals surface area contributed by atoms with Gasteiger partial charge in [0.2, 0.25) is 5.91 Å². The van der Waals surface area contributed by atoms with Crippen LogP contribution < -0.4 is 14.8 Å². The number of fused-ring (bicyclic) bond motifs is 2. The maximum atomic E-state index is 12.5. The zero-order chi connectivity index (χ0) is 17.2. The maximum absolute atomic E-state index is 12.5. The molecule has 0 aliphatic carbocycles. The van der Waals surface area contributed by atoms with Crippen LogP contribution in [0.25, 0.3) is 10.8 Å². The predicted molar refractivity (Wildman–Crippen MR) is 96.5 cm³/mol. The third kappa shape index (κ3) is 3.23. The van der Waals surface area contributed by atoms with Crippen LogP contribution >= 0.6 is 11.6 Å². The molecule has 2 heterocycles. The van der Waals surface area contributed by atoms with Gasteiger partial charge in [-0.15, -0.1) is 0 Å². The highest BCUT2D eigenvalue weighted by molar-refractivity contribution is 6.32. The van der Waals surface area contributed by atoms with Gasteiger partial charge in [-0.1, -0.05) is 23.7 Å². The summed E-state index contributed by atoms with van der Waals surface area (Å²) in [5.41, 5.74) is 1.53. The number of hydrogen-bond donors (Lipinski definition) is 1. The summed E-state index contributed by atoms with van der Waals surface area (Å²) < 4.78 is 11.0. The first kappa shape index (κ1) is 15.7. The molecule has 0 atom stereocenters. The average Bonchev–Trinajstić information content (AvgIpc) is 2.62. The van der Waals surface area contributed by atoms with Crippen LogP contribution in [-0.4, -0.2) is 24.1 Å². The molecular formula is C19H15ClN2O3. The van der Waals surface area contributed by atoms with Gasteiger partial charge >= 0.3 is 0 Å². The smallest absolute Gasteiger partial charge is 0.228 e. The average molecular weight is 355 g/mol. The van der Waals surface area contributed by atoms with E-state index in [2.05, 4.69) is 10.3 Å². The van der Waals surface area contributed by atoms with E-state index in [1.54, 1.807) is 24.5 Å². The Morgan fingerprint density at radius 2 is 2.08 bits per heavy atom. The van der Waals surface area contributed by atoms with Gasteiger partial charge < -0.3 is 14.8 Å². The van der Waals surface area contributed by atoms with Crippen LogP contribution in [0.2, 0.25) is 5.02 Å². The van der Waals surface area contributed by atoms with Crippen molar-refractivity contribution in [3.8, 4) is 11.5 Å². The molecule has 1 aliphatic heterocycles. The quantitative estimate of drug-likeness (QED) is 0.776. The largest absolute Gasteiger partial charge is 0.486 e. The van der Waals surface area contributed by atoms with Crippen LogP contribution in [0.1, 0.15) is 5.56 Å². The number of amides is 1. The van der Waals surface area contributed by atoms with Crippen molar-refractivity contribution in [2.75, 3.05) is 18.5 Å². The molecule has 1 N–H and O–H groups in total. The molecule has 0 bridgehead atoms. The highest BCUT2D eigenvalue weighted by Crippen LogP contribution is 2.38. The topological polar surface area (TPSA) is 60.5 Å². The number of benzene rings is 2. The third-order valence-electron chi connectivity index (χ3n) is 3.98. The highest BCUT2D eigenvalue weighted by atomic mass is 35.5. The van der Waals surface area contributed by atoms with Crippen LogP contribution in [0.4, 0.5) is 5.69 Å². The second-order valence-electron chi connectivity index (χ2n) is 5.73. The Hall–Kier alpha value is -2.79. The summed E-state index contributed by atoms with van der Waals surface area (Å²) in [6.07, 6.45) is 3.67. The van der Waals surface area contributed by atoms with Crippen LogP contribution in [0.5, 0.6) is 11.5 Å². The van der Waals surface area contributed by atoms with E-state index in [9.17, 15) is 4.79 Å². The van der Waals surface area contributed by atoms with Crippen LogP contribution in [-0.2, 0) is 11.2 Å². The van der Waals surface area contributed by atoms with Gasteiger partial charge in [0, 0.05) is 28.9 Å². The first-order valence-corrected chi connectivity index (χ1v) is 8.29. The lowest BCUT2D eigenvalue weighted by Gasteiger charge is -2.20. The lowest BCUT2D eigenvalue weighted by atomic mass is 10.1. The first-order chi connectivity index (χ1) is 12.2. The zero-order valence-electron chi connectivity index (χ0n) is 13.3. The summed E-state index contributed by atoms with van der Waals surface area (Å²) >= 11 is 6.23. The number of nitrogens with zero attached hydrogens (tertiary/aromatic N) is 1. The van der Waals surface area contributed by atoms with Gasteiger partial charge in [0.25, 0.3) is 0 Å². The van der Waals surface area contributed by atoms with E-state index in [0.717, 1.165) is 22.0 Å². The van der Waals surface area contributed by atoms with Gasteiger partial charge in [0.05, 0.1) is 11.4 Å². The van der Waals surface area contributed by atoms with Crippen molar-refractivity contribution in [1.29, 1.82) is 0 Å². The number of nitrogens with one attached hydrogen (secondary N) is 1. The minimum Gasteiger partial charge on any atom is -0.486 e. The molecule has 0 saturated carbocycles.